The summed E-state index contributed by atoms with van der Waals surface area (Å²) in [6.45, 7) is 6.15. The van der Waals surface area contributed by atoms with E-state index in [2.05, 4.69) is 19.2 Å². The molecule has 1 aromatic carbocycles. The molecule has 4 nitrogen and oxygen atoms in total. The second-order valence-electron chi connectivity index (χ2n) is 4.78. The number of benzene rings is 1. The smallest absolute Gasteiger partial charge is 0.253 e. The lowest BCUT2D eigenvalue weighted by Gasteiger charge is -2.09. The Kier molecular flexibility index (Phi) is 6.67. The van der Waals surface area contributed by atoms with Crippen LogP contribution in [-0.2, 0) is 4.74 Å². The SMILES string of the molecule is CC(C)COCCCNC(=O)c1cccc(Cl)c1N. The fourth-order valence-corrected chi connectivity index (χ4v) is 1.70. The summed E-state index contributed by atoms with van der Waals surface area (Å²) in [6, 6.07) is 5.03. The fraction of sp³-hybridized carbons (Fsp3) is 0.500. The van der Waals surface area contributed by atoms with Gasteiger partial charge in [0.25, 0.3) is 5.91 Å². The van der Waals surface area contributed by atoms with Gasteiger partial charge in [-0.05, 0) is 24.5 Å². The molecule has 0 bridgehead atoms. The molecule has 0 aliphatic rings. The van der Waals surface area contributed by atoms with Crippen molar-refractivity contribution in [3.05, 3.63) is 28.8 Å². The van der Waals surface area contributed by atoms with Crippen LogP contribution in [0.4, 0.5) is 5.69 Å². The van der Waals surface area contributed by atoms with Crippen LogP contribution in [0.1, 0.15) is 30.6 Å². The van der Waals surface area contributed by atoms with Gasteiger partial charge in [0.05, 0.1) is 16.3 Å². The Bertz CT molecular complexity index is 422. The number of hydrogen-bond donors (Lipinski definition) is 2. The number of carbonyl (C=O) groups is 1. The highest BCUT2D eigenvalue weighted by molar-refractivity contribution is 6.33. The topological polar surface area (TPSA) is 64.3 Å². The van der Waals surface area contributed by atoms with Gasteiger partial charge in [-0.1, -0.05) is 31.5 Å². The van der Waals surface area contributed by atoms with Crippen molar-refractivity contribution in [2.75, 3.05) is 25.5 Å². The highest BCUT2D eigenvalue weighted by atomic mass is 35.5. The number of carbonyl (C=O) groups excluding carboxylic acids is 1. The molecule has 0 unspecified atom stereocenters. The molecule has 0 spiro atoms. The molecule has 3 N–H and O–H groups in total. The van der Waals surface area contributed by atoms with Crippen LogP contribution in [0, 0.1) is 5.92 Å². The summed E-state index contributed by atoms with van der Waals surface area (Å²) in [4.78, 5) is 11.9. The Morgan fingerprint density at radius 2 is 2.21 bits per heavy atom. The third-order valence-electron chi connectivity index (χ3n) is 2.50. The normalized spacial score (nSPS) is 10.7. The minimum atomic E-state index is -0.205. The molecule has 0 radical (unpaired) electrons. The van der Waals surface area contributed by atoms with Gasteiger partial charge in [0.2, 0.25) is 0 Å². The summed E-state index contributed by atoms with van der Waals surface area (Å²) < 4.78 is 5.43. The van der Waals surface area contributed by atoms with Crippen molar-refractivity contribution in [3.8, 4) is 0 Å². The Labute approximate surface area is 119 Å². The van der Waals surface area contributed by atoms with E-state index in [0.29, 0.717) is 35.3 Å². The molecular formula is C14H21ClN2O2. The van der Waals surface area contributed by atoms with E-state index >= 15 is 0 Å². The summed E-state index contributed by atoms with van der Waals surface area (Å²) in [7, 11) is 0. The summed E-state index contributed by atoms with van der Waals surface area (Å²) in [6.07, 6.45) is 0.777. The van der Waals surface area contributed by atoms with E-state index in [4.69, 9.17) is 22.1 Å². The van der Waals surface area contributed by atoms with Gasteiger partial charge in [-0.15, -0.1) is 0 Å². The number of nitrogen functional groups attached to an aromatic ring is 1. The van der Waals surface area contributed by atoms with E-state index in [9.17, 15) is 4.79 Å². The second kappa shape index (κ2) is 8.02. The van der Waals surface area contributed by atoms with E-state index in [-0.39, 0.29) is 5.91 Å². The average Bonchev–Trinajstić information content (AvgIpc) is 2.36. The number of hydrogen-bond acceptors (Lipinski definition) is 3. The van der Waals surface area contributed by atoms with Gasteiger partial charge < -0.3 is 15.8 Å². The van der Waals surface area contributed by atoms with Crippen LogP contribution in [0.25, 0.3) is 0 Å². The molecule has 19 heavy (non-hydrogen) atoms. The first kappa shape index (κ1) is 15.8. The van der Waals surface area contributed by atoms with E-state index in [1.165, 1.54) is 0 Å². The maximum Gasteiger partial charge on any atom is 0.253 e. The van der Waals surface area contributed by atoms with Gasteiger partial charge in [-0.25, -0.2) is 0 Å². The van der Waals surface area contributed by atoms with Crippen LogP contribution in [0.5, 0.6) is 0 Å². The third-order valence-corrected chi connectivity index (χ3v) is 2.83. The molecule has 1 aromatic rings. The van der Waals surface area contributed by atoms with E-state index in [1.54, 1.807) is 18.2 Å². The number of nitrogens with one attached hydrogen (secondary N) is 1. The molecule has 1 amide bonds. The summed E-state index contributed by atoms with van der Waals surface area (Å²) in [5, 5.41) is 3.19. The van der Waals surface area contributed by atoms with Crippen molar-refractivity contribution < 1.29 is 9.53 Å². The first-order chi connectivity index (χ1) is 9.02. The molecule has 0 fully saturated rings. The van der Waals surface area contributed by atoms with Crippen molar-refractivity contribution in [1.82, 2.24) is 5.32 Å². The molecule has 0 aliphatic heterocycles. The summed E-state index contributed by atoms with van der Waals surface area (Å²) in [5.41, 5.74) is 6.48. The first-order valence-electron chi connectivity index (χ1n) is 6.42. The van der Waals surface area contributed by atoms with Gasteiger partial charge in [0.1, 0.15) is 0 Å². The molecule has 0 heterocycles. The van der Waals surface area contributed by atoms with Gasteiger partial charge in [-0.2, -0.15) is 0 Å². The fourth-order valence-electron chi connectivity index (χ4n) is 1.53. The van der Waals surface area contributed by atoms with Crippen molar-refractivity contribution in [2.45, 2.75) is 20.3 Å². The van der Waals surface area contributed by atoms with Crippen LogP contribution in [0.2, 0.25) is 5.02 Å². The Morgan fingerprint density at radius 3 is 2.89 bits per heavy atom. The maximum atomic E-state index is 11.9. The number of halogens is 1. The zero-order valence-corrected chi connectivity index (χ0v) is 12.2. The van der Waals surface area contributed by atoms with Crippen LogP contribution >= 0.6 is 11.6 Å². The van der Waals surface area contributed by atoms with Crippen molar-refractivity contribution in [3.63, 3.8) is 0 Å². The highest BCUT2D eigenvalue weighted by Gasteiger charge is 2.10. The molecule has 106 valence electrons. The molecule has 0 saturated heterocycles. The minimum absolute atomic E-state index is 0.205. The standard InChI is InChI=1S/C14H21ClN2O2/c1-10(2)9-19-8-4-7-17-14(18)11-5-3-6-12(15)13(11)16/h3,5-6,10H,4,7-9,16H2,1-2H3,(H,17,18). The van der Waals surface area contributed by atoms with Gasteiger partial charge >= 0.3 is 0 Å². The minimum Gasteiger partial charge on any atom is -0.397 e. The van der Waals surface area contributed by atoms with Gasteiger partial charge in [-0.3, -0.25) is 4.79 Å². The number of rotatable bonds is 7. The predicted octanol–water partition coefficient (Wildman–Crippen LogP) is 2.71. The molecule has 0 aliphatic carbocycles. The van der Waals surface area contributed by atoms with Crippen LogP contribution in [-0.4, -0.2) is 25.7 Å². The monoisotopic (exact) mass is 284 g/mol. The lowest BCUT2D eigenvalue weighted by atomic mass is 10.1. The molecule has 0 atom stereocenters. The largest absolute Gasteiger partial charge is 0.397 e. The number of ether oxygens (including phenoxy) is 1. The molecule has 0 aromatic heterocycles. The molecule has 5 heteroatoms. The molecule has 0 saturated carbocycles. The number of anilines is 1. The maximum absolute atomic E-state index is 11.9. The van der Waals surface area contributed by atoms with Crippen LogP contribution in [0.3, 0.4) is 0 Å². The average molecular weight is 285 g/mol. The predicted molar refractivity (Wildman–Crippen MR) is 78.5 cm³/mol. The number of nitrogens with two attached hydrogens (primary N) is 1. The Hall–Kier alpha value is -1.26. The van der Waals surface area contributed by atoms with E-state index in [0.717, 1.165) is 13.0 Å². The van der Waals surface area contributed by atoms with E-state index < -0.39 is 0 Å². The summed E-state index contributed by atoms with van der Waals surface area (Å²) in [5.74, 6) is 0.324. The van der Waals surface area contributed by atoms with Crippen molar-refractivity contribution >= 4 is 23.2 Å². The Morgan fingerprint density at radius 1 is 1.47 bits per heavy atom. The highest BCUT2D eigenvalue weighted by Crippen LogP contribution is 2.22. The third kappa shape index (κ3) is 5.49. The van der Waals surface area contributed by atoms with Crippen molar-refractivity contribution in [1.29, 1.82) is 0 Å². The van der Waals surface area contributed by atoms with Crippen LogP contribution in [0.15, 0.2) is 18.2 Å². The number of amides is 1. The van der Waals surface area contributed by atoms with Crippen molar-refractivity contribution in [2.24, 2.45) is 5.92 Å². The molecule has 1 rings (SSSR count). The quantitative estimate of drug-likeness (QED) is 0.598. The zero-order valence-electron chi connectivity index (χ0n) is 11.4. The van der Waals surface area contributed by atoms with E-state index in [1.807, 2.05) is 0 Å². The van der Waals surface area contributed by atoms with Gasteiger partial charge in [0.15, 0.2) is 0 Å². The first-order valence-corrected chi connectivity index (χ1v) is 6.80. The lowest BCUT2D eigenvalue weighted by Crippen LogP contribution is -2.26. The van der Waals surface area contributed by atoms with Crippen LogP contribution < -0.4 is 11.1 Å². The summed E-state index contributed by atoms with van der Waals surface area (Å²) >= 11 is 5.87. The zero-order chi connectivity index (χ0) is 14.3. The number of para-hydroxylation sites is 1. The Balaban J connectivity index is 2.30. The lowest BCUT2D eigenvalue weighted by molar-refractivity contribution is 0.0925. The molecular weight excluding hydrogens is 264 g/mol. The van der Waals surface area contributed by atoms with Gasteiger partial charge in [0, 0.05) is 19.8 Å². The second-order valence-corrected chi connectivity index (χ2v) is 5.19.